The molecule has 2 amide bonds. The minimum absolute atomic E-state index is 0.212. The fraction of sp³-hybridized carbons (Fsp3) is 0.417. The van der Waals surface area contributed by atoms with Gasteiger partial charge < -0.3 is 10.2 Å². The molecule has 0 aliphatic rings. The molecule has 0 aliphatic heterocycles. The zero-order valence-electron chi connectivity index (χ0n) is 19.3. The van der Waals surface area contributed by atoms with Crippen LogP contribution in [0.1, 0.15) is 38.7 Å². The Labute approximate surface area is 210 Å². The van der Waals surface area contributed by atoms with Crippen molar-refractivity contribution in [1.82, 2.24) is 10.2 Å². The van der Waals surface area contributed by atoms with Crippen LogP contribution in [0.5, 0.6) is 0 Å². The van der Waals surface area contributed by atoms with Crippen LogP contribution >= 0.6 is 22.6 Å². The predicted molar refractivity (Wildman–Crippen MR) is 140 cm³/mol. The Morgan fingerprint density at radius 1 is 1.03 bits per heavy atom. The van der Waals surface area contributed by atoms with Crippen LogP contribution in [0.4, 0.5) is 5.69 Å². The van der Waals surface area contributed by atoms with Gasteiger partial charge in [-0.05, 0) is 65.3 Å². The number of carbonyl (C=O) groups excluding carboxylic acids is 2. The van der Waals surface area contributed by atoms with E-state index in [4.69, 9.17) is 0 Å². The summed E-state index contributed by atoms with van der Waals surface area (Å²) in [5, 5.41) is 2.91. The molecule has 0 aromatic heterocycles. The maximum atomic E-state index is 13.5. The molecule has 0 fully saturated rings. The van der Waals surface area contributed by atoms with Gasteiger partial charge in [-0.1, -0.05) is 50.6 Å². The van der Waals surface area contributed by atoms with E-state index in [9.17, 15) is 18.0 Å². The highest BCUT2D eigenvalue weighted by molar-refractivity contribution is 14.1. The van der Waals surface area contributed by atoms with Crippen molar-refractivity contribution >= 4 is 50.1 Å². The van der Waals surface area contributed by atoms with E-state index in [0.717, 1.165) is 32.5 Å². The van der Waals surface area contributed by atoms with E-state index >= 15 is 0 Å². The number of hydrogen-bond acceptors (Lipinski definition) is 4. The Bertz CT molecular complexity index is 1010. The van der Waals surface area contributed by atoms with Crippen molar-refractivity contribution in [3.63, 3.8) is 0 Å². The van der Waals surface area contributed by atoms with Crippen molar-refractivity contribution in [2.45, 2.75) is 45.7 Å². The van der Waals surface area contributed by atoms with Gasteiger partial charge in [-0.2, -0.15) is 0 Å². The first-order valence-corrected chi connectivity index (χ1v) is 13.9. The topological polar surface area (TPSA) is 86.8 Å². The minimum atomic E-state index is -3.72. The van der Waals surface area contributed by atoms with E-state index in [1.165, 1.54) is 4.90 Å². The molecular weight excluding hydrogens is 553 g/mol. The monoisotopic (exact) mass is 585 g/mol. The highest BCUT2D eigenvalue weighted by Gasteiger charge is 2.31. The highest BCUT2D eigenvalue weighted by Crippen LogP contribution is 2.21. The van der Waals surface area contributed by atoms with E-state index in [2.05, 4.69) is 27.9 Å². The molecule has 2 aromatic carbocycles. The summed E-state index contributed by atoms with van der Waals surface area (Å²) in [4.78, 5) is 27.9. The Kier molecular flexibility index (Phi) is 10.6. The van der Waals surface area contributed by atoms with Crippen LogP contribution in [0, 0.1) is 3.57 Å². The molecule has 0 saturated heterocycles. The maximum Gasteiger partial charge on any atom is 0.244 e. The fourth-order valence-corrected chi connectivity index (χ4v) is 4.64. The van der Waals surface area contributed by atoms with E-state index in [-0.39, 0.29) is 19.0 Å². The average molecular weight is 586 g/mol. The van der Waals surface area contributed by atoms with Gasteiger partial charge in [0.15, 0.2) is 0 Å². The Morgan fingerprint density at radius 2 is 1.67 bits per heavy atom. The zero-order valence-corrected chi connectivity index (χ0v) is 22.3. The molecule has 1 N–H and O–H groups in total. The molecule has 0 radical (unpaired) electrons. The predicted octanol–water partition coefficient (Wildman–Crippen LogP) is 3.78. The van der Waals surface area contributed by atoms with Crippen LogP contribution in [-0.2, 0) is 26.2 Å². The molecule has 33 heavy (non-hydrogen) atoms. The molecule has 2 rings (SSSR count). The number of nitrogens with one attached hydrogen (secondary N) is 1. The van der Waals surface area contributed by atoms with Crippen LogP contribution < -0.4 is 9.62 Å². The molecule has 1 atom stereocenters. The van der Waals surface area contributed by atoms with E-state index < -0.39 is 22.0 Å². The van der Waals surface area contributed by atoms with Gasteiger partial charge in [0, 0.05) is 16.7 Å². The molecule has 1 unspecified atom stereocenters. The Morgan fingerprint density at radius 3 is 2.21 bits per heavy atom. The smallest absolute Gasteiger partial charge is 0.244 e. The molecule has 2 aromatic rings. The zero-order chi connectivity index (χ0) is 24.4. The first-order chi connectivity index (χ1) is 15.7. The SMILES string of the molecule is CCCCNC(=O)C(CC)N(Cc1ccccc1)C(=O)CN(c1ccc(I)cc1)S(C)(=O)=O. The number of hydrogen-bond donors (Lipinski definition) is 1. The summed E-state index contributed by atoms with van der Waals surface area (Å²) < 4.78 is 27.2. The molecule has 0 heterocycles. The number of sulfonamides is 1. The Hall–Kier alpha value is -2.14. The summed E-state index contributed by atoms with van der Waals surface area (Å²) in [6.45, 7) is 4.26. The summed E-state index contributed by atoms with van der Waals surface area (Å²) in [6, 6.07) is 15.6. The molecule has 0 aliphatic carbocycles. The van der Waals surface area contributed by atoms with Crippen molar-refractivity contribution in [2.75, 3.05) is 23.7 Å². The number of halogens is 1. The van der Waals surface area contributed by atoms with Crippen molar-refractivity contribution < 1.29 is 18.0 Å². The molecule has 9 heteroatoms. The third-order valence-corrected chi connectivity index (χ3v) is 7.06. The third-order valence-electron chi connectivity index (χ3n) is 5.21. The molecule has 0 bridgehead atoms. The number of carbonyl (C=O) groups is 2. The standard InChI is InChI=1S/C24H32IN3O4S/c1-4-6-16-26-24(30)22(5-2)27(17-19-10-8-7-9-11-19)23(29)18-28(33(3,31)32)21-14-12-20(25)13-15-21/h7-15,22H,4-6,16-18H2,1-3H3,(H,26,30). The summed E-state index contributed by atoms with van der Waals surface area (Å²) in [6.07, 6.45) is 3.29. The minimum Gasteiger partial charge on any atom is -0.354 e. The molecular formula is C24H32IN3O4S. The quantitative estimate of drug-likeness (QED) is 0.304. The maximum absolute atomic E-state index is 13.5. The van der Waals surface area contributed by atoms with Gasteiger partial charge in [0.05, 0.1) is 11.9 Å². The van der Waals surface area contributed by atoms with Gasteiger partial charge in [0.2, 0.25) is 21.8 Å². The number of benzene rings is 2. The first kappa shape index (κ1) is 27.1. The van der Waals surface area contributed by atoms with Crippen LogP contribution in [0.2, 0.25) is 0 Å². The van der Waals surface area contributed by atoms with Crippen LogP contribution in [0.15, 0.2) is 54.6 Å². The van der Waals surface area contributed by atoms with Crippen LogP contribution in [0.3, 0.4) is 0 Å². The van der Waals surface area contributed by atoms with Gasteiger partial charge in [-0.3, -0.25) is 13.9 Å². The van der Waals surface area contributed by atoms with Crippen molar-refractivity contribution in [2.24, 2.45) is 0 Å². The molecule has 7 nitrogen and oxygen atoms in total. The second-order valence-corrected chi connectivity index (χ2v) is 11.0. The van der Waals surface area contributed by atoms with Crippen LogP contribution in [-0.4, -0.2) is 50.5 Å². The van der Waals surface area contributed by atoms with Crippen LogP contribution in [0.25, 0.3) is 0 Å². The van der Waals surface area contributed by atoms with Gasteiger partial charge in [0.1, 0.15) is 12.6 Å². The average Bonchev–Trinajstić information content (AvgIpc) is 2.78. The lowest BCUT2D eigenvalue weighted by Gasteiger charge is -2.33. The number of nitrogens with zero attached hydrogens (tertiary/aromatic N) is 2. The second kappa shape index (κ2) is 12.9. The second-order valence-electron chi connectivity index (χ2n) is 7.82. The normalized spacial score (nSPS) is 12.1. The lowest BCUT2D eigenvalue weighted by atomic mass is 10.1. The van der Waals surface area contributed by atoms with Gasteiger partial charge in [-0.15, -0.1) is 0 Å². The van der Waals surface area contributed by atoms with Crippen molar-refractivity contribution in [3.05, 3.63) is 63.7 Å². The van der Waals surface area contributed by atoms with Gasteiger partial charge in [-0.25, -0.2) is 8.42 Å². The summed E-state index contributed by atoms with van der Waals surface area (Å²) in [7, 11) is -3.72. The van der Waals surface area contributed by atoms with Crippen molar-refractivity contribution in [3.8, 4) is 0 Å². The summed E-state index contributed by atoms with van der Waals surface area (Å²) in [5.41, 5.74) is 1.28. The number of amides is 2. The van der Waals surface area contributed by atoms with Gasteiger partial charge >= 0.3 is 0 Å². The van der Waals surface area contributed by atoms with E-state index in [1.807, 2.05) is 44.2 Å². The lowest BCUT2D eigenvalue weighted by molar-refractivity contribution is -0.140. The Balaban J connectivity index is 2.35. The molecule has 0 saturated carbocycles. The third kappa shape index (κ3) is 8.29. The van der Waals surface area contributed by atoms with E-state index in [1.54, 1.807) is 24.3 Å². The summed E-state index contributed by atoms with van der Waals surface area (Å²) >= 11 is 2.14. The van der Waals surface area contributed by atoms with E-state index in [0.29, 0.717) is 18.7 Å². The van der Waals surface area contributed by atoms with Gasteiger partial charge in [0.25, 0.3) is 0 Å². The molecule has 0 spiro atoms. The number of anilines is 1. The lowest BCUT2D eigenvalue weighted by Crippen LogP contribution is -2.52. The van der Waals surface area contributed by atoms with Crippen molar-refractivity contribution in [1.29, 1.82) is 0 Å². The number of rotatable bonds is 12. The first-order valence-electron chi connectivity index (χ1n) is 11.0. The number of unbranched alkanes of at least 4 members (excludes halogenated alkanes) is 1. The largest absolute Gasteiger partial charge is 0.354 e. The molecule has 180 valence electrons. The highest BCUT2D eigenvalue weighted by atomic mass is 127. The summed E-state index contributed by atoms with van der Waals surface area (Å²) in [5.74, 6) is -0.657. The fourth-order valence-electron chi connectivity index (χ4n) is 3.43.